The summed E-state index contributed by atoms with van der Waals surface area (Å²) in [6, 6.07) is 3.11. The zero-order chi connectivity index (χ0) is 20.0. The van der Waals surface area contributed by atoms with Gasteiger partial charge in [0, 0.05) is 5.70 Å². The largest absolute Gasteiger partial charge is 0.493 e. The summed E-state index contributed by atoms with van der Waals surface area (Å²) in [7, 11) is 4.64. The number of thiocarbonyl (C=S) groups is 1. The average Bonchev–Trinajstić information content (AvgIpc) is 2.66. The lowest BCUT2D eigenvalue weighted by atomic mass is 9.93. The van der Waals surface area contributed by atoms with Crippen molar-refractivity contribution in [2.45, 2.75) is 32.7 Å². The highest BCUT2D eigenvalue weighted by molar-refractivity contribution is 7.80. The first-order valence-corrected chi connectivity index (χ1v) is 9.18. The first kappa shape index (κ1) is 20.8. The standard InChI is InChI=1S/C19H26N2O5S/c1-6-8-12-15(18(22)26-7-2)16(21-19(27)20-12)11-9-13(23-3)17(25-5)14(10-11)24-4/h9-10,16H,6-8H2,1-5H3,(H2,20,21,27)/t16-/m1/s1. The van der Waals surface area contributed by atoms with Crippen LogP contribution in [0.1, 0.15) is 38.3 Å². The van der Waals surface area contributed by atoms with E-state index in [1.165, 1.54) is 0 Å². The fourth-order valence-electron chi connectivity index (χ4n) is 3.03. The molecular weight excluding hydrogens is 368 g/mol. The first-order chi connectivity index (χ1) is 13.0. The molecular formula is C19H26N2O5S. The molecule has 1 aliphatic heterocycles. The molecule has 1 atom stereocenters. The van der Waals surface area contributed by atoms with Crippen LogP contribution in [0.4, 0.5) is 0 Å². The third-order valence-corrected chi connectivity index (χ3v) is 4.39. The summed E-state index contributed by atoms with van der Waals surface area (Å²) in [4.78, 5) is 12.7. The Hall–Kier alpha value is -2.48. The predicted molar refractivity (Wildman–Crippen MR) is 106 cm³/mol. The summed E-state index contributed by atoms with van der Waals surface area (Å²) in [5, 5.41) is 6.71. The molecule has 1 aliphatic rings. The molecule has 1 aromatic rings. The van der Waals surface area contributed by atoms with Gasteiger partial charge in [0.25, 0.3) is 0 Å². The molecule has 1 heterocycles. The van der Waals surface area contributed by atoms with Gasteiger partial charge in [-0.05, 0) is 43.3 Å². The molecule has 8 heteroatoms. The number of nitrogens with one attached hydrogen (secondary N) is 2. The van der Waals surface area contributed by atoms with Crippen molar-refractivity contribution in [3.05, 3.63) is 29.0 Å². The van der Waals surface area contributed by atoms with Crippen LogP contribution < -0.4 is 24.8 Å². The van der Waals surface area contributed by atoms with Crippen molar-refractivity contribution < 1.29 is 23.7 Å². The quantitative estimate of drug-likeness (QED) is 0.515. The van der Waals surface area contributed by atoms with E-state index in [0.717, 1.165) is 17.7 Å². The third-order valence-electron chi connectivity index (χ3n) is 4.17. The summed E-state index contributed by atoms with van der Waals surface area (Å²) >= 11 is 5.35. The number of esters is 1. The van der Waals surface area contributed by atoms with Gasteiger partial charge in [-0.1, -0.05) is 13.3 Å². The topological polar surface area (TPSA) is 78.1 Å². The fourth-order valence-corrected chi connectivity index (χ4v) is 3.27. The Morgan fingerprint density at radius 2 is 1.74 bits per heavy atom. The molecule has 0 aliphatic carbocycles. The van der Waals surface area contributed by atoms with Crippen LogP contribution in [0.25, 0.3) is 0 Å². The molecule has 0 amide bonds. The summed E-state index contributed by atoms with van der Waals surface area (Å²) in [5.41, 5.74) is 2.02. The van der Waals surface area contributed by atoms with Crippen molar-refractivity contribution in [1.82, 2.24) is 10.6 Å². The van der Waals surface area contributed by atoms with Gasteiger partial charge in [-0.25, -0.2) is 4.79 Å². The van der Waals surface area contributed by atoms with Crippen molar-refractivity contribution in [2.24, 2.45) is 0 Å². The van der Waals surface area contributed by atoms with Crippen LogP contribution in [0.5, 0.6) is 17.2 Å². The maximum absolute atomic E-state index is 12.7. The van der Waals surface area contributed by atoms with E-state index >= 15 is 0 Å². The van der Waals surface area contributed by atoms with Crippen molar-refractivity contribution in [2.75, 3.05) is 27.9 Å². The van der Waals surface area contributed by atoms with Gasteiger partial charge < -0.3 is 29.6 Å². The lowest BCUT2D eigenvalue weighted by Gasteiger charge is -2.31. The van der Waals surface area contributed by atoms with Crippen LogP contribution in [0, 0.1) is 0 Å². The number of carbonyl (C=O) groups is 1. The molecule has 0 bridgehead atoms. The highest BCUT2D eigenvalue weighted by atomic mass is 32.1. The Morgan fingerprint density at radius 1 is 1.11 bits per heavy atom. The molecule has 7 nitrogen and oxygen atoms in total. The van der Waals surface area contributed by atoms with E-state index in [9.17, 15) is 4.79 Å². The predicted octanol–water partition coefficient (Wildman–Crippen LogP) is 2.85. The van der Waals surface area contributed by atoms with E-state index < -0.39 is 6.04 Å². The molecule has 27 heavy (non-hydrogen) atoms. The van der Waals surface area contributed by atoms with Crippen molar-refractivity contribution in [1.29, 1.82) is 0 Å². The minimum Gasteiger partial charge on any atom is -0.493 e. The lowest BCUT2D eigenvalue weighted by molar-refractivity contribution is -0.139. The molecule has 0 radical (unpaired) electrons. The number of hydrogen-bond donors (Lipinski definition) is 2. The van der Waals surface area contributed by atoms with Gasteiger partial charge >= 0.3 is 5.97 Å². The Morgan fingerprint density at radius 3 is 2.22 bits per heavy atom. The molecule has 1 aromatic carbocycles. The summed E-state index contributed by atoms with van der Waals surface area (Å²) < 4.78 is 21.6. The Bertz CT molecular complexity index is 723. The van der Waals surface area contributed by atoms with Gasteiger partial charge in [0.05, 0.1) is 39.6 Å². The van der Waals surface area contributed by atoms with Crippen molar-refractivity contribution in [3.8, 4) is 17.2 Å². The second-order valence-corrected chi connectivity index (χ2v) is 6.26. The number of rotatable bonds is 8. The van der Waals surface area contributed by atoms with Gasteiger partial charge in [0.1, 0.15) is 0 Å². The van der Waals surface area contributed by atoms with Crippen LogP contribution in [-0.4, -0.2) is 39.0 Å². The normalized spacial score (nSPS) is 16.3. The zero-order valence-electron chi connectivity index (χ0n) is 16.3. The molecule has 2 rings (SSSR count). The van der Waals surface area contributed by atoms with Gasteiger partial charge in [0.2, 0.25) is 5.75 Å². The number of benzene rings is 1. The monoisotopic (exact) mass is 394 g/mol. The van der Waals surface area contributed by atoms with Gasteiger partial charge in [-0.15, -0.1) is 0 Å². The molecule has 0 saturated heterocycles. The third kappa shape index (κ3) is 4.44. The van der Waals surface area contributed by atoms with E-state index in [0.29, 0.717) is 34.4 Å². The lowest BCUT2D eigenvalue weighted by Crippen LogP contribution is -2.45. The number of carbonyl (C=O) groups excluding carboxylic acids is 1. The number of hydrogen-bond acceptors (Lipinski definition) is 6. The molecule has 0 fully saturated rings. The van der Waals surface area contributed by atoms with Crippen molar-refractivity contribution in [3.63, 3.8) is 0 Å². The number of allylic oxidation sites excluding steroid dienone is 1. The summed E-state index contributed by atoms with van der Waals surface area (Å²) in [5.74, 6) is 1.09. The van der Waals surface area contributed by atoms with Crippen LogP contribution in [0.2, 0.25) is 0 Å². The number of methoxy groups -OCH3 is 3. The van der Waals surface area contributed by atoms with E-state index in [1.807, 2.05) is 6.92 Å². The average molecular weight is 394 g/mol. The Labute approximate surface area is 165 Å². The Kier molecular flexibility index (Phi) is 7.29. The van der Waals surface area contributed by atoms with Crippen LogP contribution >= 0.6 is 12.2 Å². The molecule has 0 unspecified atom stereocenters. The van der Waals surface area contributed by atoms with Gasteiger partial charge in [-0.2, -0.15) is 0 Å². The fraction of sp³-hybridized carbons (Fsp3) is 0.474. The molecule has 2 N–H and O–H groups in total. The van der Waals surface area contributed by atoms with Gasteiger partial charge in [0.15, 0.2) is 16.6 Å². The highest BCUT2D eigenvalue weighted by Gasteiger charge is 2.33. The maximum Gasteiger partial charge on any atom is 0.338 e. The minimum absolute atomic E-state index is 0.286. The van der Waals surface area contributed by atoms with Crippen LogP contribution in [0.15, 0.2) is 23.4 Å². The van der Waals surface area contributed by atoms with E-state index in [2.05, 4.69) is 10.6 Å². The van der Waals surface area contributed by atoms with Crippen LogP contribution in [-0.2, 0) is 9.53 Å². The zero-order valence-corrected chi connectivity index (χ0v) is 17.1. The number of ether oxygens (including phenoxy) is 4. The highest BCUT2D eigenvalue weighted by Crippen LogP contribution is 2.41. The van der Waals surface area contributed by atoms with E-state index in [4.69, 9.17) is 31.2 Å². The molecule has 0 aromatic heterocycles. The second-order valence-electron chi connectivity index (χ2n) is 5.85. The second kappa shape index (κ2) is 9.45. The minimum atomic E-state index is -0.493. The van der Waals surface area contributed by atoms with Crippen LogP contribution in [0.3, 0.4) is 0 Å². The van der Waals surface area contributed by atoms with Crippen molar-refractivity contribution >= 4 is 23.3 Å². The van der Waals surface area contributed by atoms with Gasteiger partial charge in [-0.3, -0.25) is 0 Å². The molecule has 0 saturated carbocycles. The summed E-state index contributed by atoms with van der Waals surface area (Å²) in [6.45, 7) is 4.10. The van der Waals surface area contributed by atoms with E-state index in [-0.39, 0.29) is 12.6 Å². The summed E-state index contributed by atoms with van der Waals surface area (Å²) in [6.07, 6.45) is 1.53. The smallest absolute Gasteiger partial charge is 0.338 e. The molecule has 148 valence electrons. The van der Waals surface area contributed by atoms with E-state index in [1.54, 1.807) is 40.4 Å². The molecule has 0 spiro atoms. The Balaban J connectivity index is 2.63. The first-order valence-electron chi connectivity index (χ1n) is 8.78. The SMILES string of the molecule is CCCC1=C(C(=O)OCC)[C@@H](c2cc(OC)c(OC)c(OC)c2)NC(=S)N1. The maximum atomic E-state index is 12.7.